The Kier molecular flexibility index (Phi) is 5.95. The molecule has 136 valence electrons. The fourth-order valence-corrected chi connectivity index (χ4v) is 4.22. The summed E-state index contributed by atoms with van der Waals surface area (Å²) in [5, 5.41) is 3.70. The predicted octanol–water partition coefficient (Wildman–Crippen LogP) is 3.07. The number of aryl methyl sites for hydroxylation is 1. The highest BCUT2D eigenvalue weighted by Gasteiger charge is 2.35. The summed E-state index contributed by atoms with van der Waals surface area (Å²) in [5.41, 5.74) is 0.0285. The summed E-state index contributed by atoms with van der Waals surface area (Å²) in [6, 6.07) is 0. The van der Waals surface area contributed by atoms with Gasteiger partial charge in [0.25, 0.3) is 0 Å². The van der Waals surface area contributed by atoms with E-state index < -0.39 is 0 Å². The van der Waals surface area contributed by atoms with Gasteiger partial charge in [-0.15, -0.1) is 0 Å². The van der Waals surface area contributed by atoms with E-state index >= 15 is 0 Å². The molecule has 0 aromatic carbocycles. The Balaban J connectivity index is 1.55. The standard InChI is InChI=1S/C19H33N3O2/c1-15-6-8-19(23-3,9-7-15)14-20-13-16-5-4-12-24-17(16)18-21-10-11-22(18)2/h10-11,15-17,20H,4-9,12-14H2,1-3H3/t15?,16-,17+,19?/m0/s1. The van der Waals surface area contributed by atoms with Crippen molar-refractivity contribution in [2.24, 2.45) is 18.9 Å². The number of rotatable bonds is 6. The van der Waals surface area contributed by atoms with Crippen molar-refractivity contribution in [1.82, 2.24) is 14.9 Å². The maximum atomic E-state index is 6.07. The quantitative estimate of drug-likeness (QED) is 0.868. The van der Waals surface area contributed by atoms with Crippen molar-refractivity contribution in [2.75, 3.05) is 26.8 Å². The first-order valence-electron chi connectivity index (χ1n) is 9.48. The van der Waals surface area contributed by atoms with Gasteiger partial charge in [-0.2, -0.15) is 0 Å². The van der Waals surface area contributed by atoms with Gasteiger partial charge < -0.3 is 19.4 Å². The summed E-state index contributed by atoms with van der Waals surface area (Å²) >= 11 is 0. The van der Waals surface area contributed by atoms with Crippen LogP contribution in [-0.2, 0) is 16.5 Å². The number of hydrogen-bond acceptors (Lipinski definition) is 4. The Morgan fingerprint density at radius 2 is 2.17 bits per heavy atom. The minimum atomic E-state index is 0.0285. The number of aromatic nitrogens is 2. The second-order valence-electron chi connectivity index (χ2n) is 7.79. The maximum Gasteiger partial charge on any atom is 0.137 e. The van der Waals surface area contributed by atoms with Crippen molar-refractivity contribution in [3.63, 3.8) is 0 Å². The summed E-state index contributed by atoms with van der Waals surface area (Å²) in [4.78, 5) is 4.51. The Morgan fingerprint density at radius 3 is 2.83 bits per heavy atom. The van der Waals surface area contributed by atoms with Crippen LogP contribution in [0.2, 0.25) is 0 Å². The minimum Gasteiger partial charge on any atom is -0.377 e. The fourth-order valence-electron chi connectivity index (χ4n) is 4.22. The van der Waals surface area contributed by atoms with Gasteiger partial charge in [0.15, 0.2) is 0 Å². The van der Waals surface area contributed by atoms with Gasteiger partial charge in [0.2, 0.25) is 0 Å². The Hall–Kier alpha value is -0.910. The third kappa shape index (κ3) is 4.01. The summed E-state index contributed by atoms with van der Waals surface area (Å²) in [5.74, 6) is 2.37. The smallest absolute Gasteiger partial charge is 0.137 e. The minimum absolute atomic E-state index is 0.0285. The highest BCUT2D eigenvalue weighted by Crippen LogP contribution is 2.35. The van der Waals surface area contributed by atoms with E-state index in [9.17, 15) is 0 Å². The van der Waals surface area contributed by atoms with Crippen LogP contribution in [0.25, 0.3) is 0 Å². The number of ether oxygens (including phenoxy) is 2. The first-order chi connectivity index (χ1) is 11.6. The van der Waals surface area contributed by atoms with Gasteiger partial charge in [-0.05, 0) is 44.4 Å². The van der Waals surface area contributed by atoms with E-state index in [4.69, 9.17) is 9.47 Å². The van der Waals surface area contributed by atoms with Gasteiger partial charge in [0, 0.05) is 52.2 Å². The van der Waals surface area contributed by atoms with Gasteiger partial charge in [-0.3, -0.25) is 0 Å². The molecule has 5 nitrogen and oxygen atoms in total. The summed E-state index contributed by atoms with van der Waals surface area (Å²) in [6.45, 7) is 5.11. The Morgan fingerprint density at radius 1 is 1.38 bits per heavy atom. The molecule has 1 saturated carbocycles. The molecular formula is C19H33N3O2. The van der Waals surface area contributed by atoms with Crippen molar-refractivity contribution in [2.45, 2.75) is 57.2 Å². The van der Waals surface area contributed by atoms with Gasteiger partial charge in [-0.1, -0.05) is 6.92 Å². The molecule has 0 radical (unpaired) electrons. The molecule has 2 atom stereocenters. The molecule has 1 aromatic rings. The molecule has 0 spiro atoms. The van der Waals surface area contributed by atoms with Crippen molar-refractivity contribution >= 4 is 0 Å². The van der Waals surface area contributed by atoms with Gasteiger partial charge in [-0.25, -0.2) is 4.98 Å². The number of imidazole rings is 1. The first kappa shape index (κ1) is 17.9. The van der Waals surface area contributed by atoms with Crippen LogP contribution in [0.3, 0.4) is 0 Å². The third-order valence-corrected chi connectivity index (χ3v) is 6.03. The maximum absolute atomic E-state index is 6.07. The average molecular weight is 335 g/mol. The molecule has 1 aromatic heterocycles. The molecule has 5 heteroatoms. The lowest BCUT2D eigenvalue weighted by Gasteiger charge is -2.39. The van der Waals surface area contributed by atoms with Gasteiger partial charge in [0.1, 0.15) is 11.9 Å². The van der Waals surface area contributed by atoms with Crippen LogP contribution in [0.4, 0.5) is 0 Å². The van der Waals surface area contributed by atoms with E-state index in [1.54, 1.807) is 0 Å². The van der Waals surface area contributed by atoms with Gasteiger partial charge in [0.05, 0.1) is 5.60 Å². The molecule has 1 aliphatic carbocycles. The molecule has 0 unspecified atom stereocenters. The third-order valence-electron chi connectivity index (χ3n) is 6.03. The number of nitrogens with one attached hydrogen (secondary N) is 1. The molecule has 24 heavy (non-hydrogen) atoms. The molecule has 1 saturated heterocycles. The van der Waals surface area contributed by atoms with Crippen LogP contribution in [0.15, 0.2) is 12.4 Å². The summed E-state index contributed by atoms with van der Waals surface area (Å²) in [6.07, 6.45) is 11.2. The zero-order chi connectivity index (χ0) is 17.0. The fraction of sp³-hybridized carbons (Fsp3) is 0.842. The predicted molar refractivity (Wildman–Crippen MR) is 94.9 cm³/mol. The second-order valence-corrected chi connectivity index (χ2v) is 7.79. The average Bonchev–Trinajstić information content (AvgIpc) is 3.03. The molecule has 2 heterocycles. The normalized spacial score (nSPS) is 34.4. The van der Waals surface area contributed by atoms with E-state index in [2.05, 4.69) is 21.8 Å². The van der Waals surface area contributed by atoms with Crippen molar-refractivity contribution < 1.29 is 9.47 Å². The lowest BCUT2D eigenvalue weighted by molar-refractivity contribution is -0.0543. The summed E-state index contributed by atoms with van der Waals surface area (Å²) < 4.78 is 14.1. The number of methoxy groups -OCH3 is 1. The van der Waals surface area contributed by atoms with Crippen LogP contribution >= 0.6 is 0 Å². The zero-order valence-corrected chi connectivity index (χ0v) is 15.5. The molecule has 0 amide bonds. The van der Waals surface area contributed by atoms with Crippen LogP contribution in [-0.4, -0.2) is 42.0 Å². The lowest BCUT2D eigenvalue weighted by atomic mass is 9.79. The van der Waals surface area contributed by atoms with Crippen molar-refractivity contribution in [3.8, 4) is 0 Å². The SMILES string of the molecule is COC1(CNC[C@@H]2CCCO[C@H]2c2nccn2C)CCC(C)CC1. The second kappa shape index (κ2) is 7.98. The van der Waals surface area contributed by atoms with E-state index in [-0.39, 0.29) is 11.7 Å². The van der Waals surface area contributed by atoms with Crippen LogP contribution in [0.5, 0.6) is 0 Å². The van der Waals surface area contributed by atoms with E-state index in [0.717, 1.165) is 37.9 Å². The molecule has 2 aliphatic rings. The van der Waals surface area contributed by atoms with Gasteiger partial charge >= 0.3 is 0 Å². The topological polar surface area (TPSA) is 48.3 Å². The lowest BCUT2D eigenvalue weighted by Crippen LogP contribution is -2.46. The Labute approximate surface area is 146 Å². The highest BCUT2D eigenvalue weighted by atomic mass is 16.5. The number of nitrogens with zero attached hydrogens (tertiary/aromatic N) is 2. The van der Waals surface area contributed by atoms with Crippen LogP contribution in [0.1, 0.15) is 57.4 Å². The van der Waals surface area contributed by atoms with Crippen molar-refractivity contribution in [1.29, 1.82) is 0 Å². The van der Waals surface area contributed by atoms with Crippen molar-refractivity contribution in [3.05, 3.63) is 18.2 Å². The first-order valence-corrected chi connectivity index (χ1v) is 9.48. The molecule has 3 rings (SSSR count). The number of hydrogen-bond donors (Lipinski definition) is 1. The molecule has 1 aliphatic heterocycles. The summed E-state index contributed by atoms with van der Waals surface area (Å²) in [7, 11) is 3.92. The van der Waals surface area contributed by atoms with Crippen LogP contribution < -0.4 is 5.32 Å². The monoisotopic (exact) mass is 335 g/mol. The highest BCUT2D eigenvalue weighted by molar-refractivity contribution is 5.00. The molecule has 2 fully saturated rings. The molecular weight excluding hydrogens is 302 g/mol. The largest absolute Gasteiger partial charge is 0.377 e. The van der Waals surface area contributed by atoms with E-state index in [0.29, 0.717) is 5.92 Å². The van der Waals surface area contributed by atoms with E-state index in [1.807, 2.05) is 26.6 Å². The zero-order valence-electron chi connectivity index (χ0n) is 15.5. The molecule has 0 bridgehead atoms. The molecule has 1 N–H and O–H groups in total. The van der Waals surface area contributed by atoms with E-state index in [1.165, 1.54) is 32.1 Å². The van der Waals surface area contributed by atoms with Crippen LogP contribution in [0, 0.1) is 11.8 Å². The Bertz CT molecular complexity index is 508.